The second-order valence-corrected chi connectivity index (χ2v) is 9.66. The molecule has 1 aliphatic carbocycles. The van der Waals surface area contributed by atoms with Gasteiger partial charge in [-0.1, -0.05) is 12.2 Å². The number of nitrogens with zero attached hydrogens (tertiary/aromatic N) is 4. The van der Waals surface area contributed by atoms with Crippen LogP contribution in [0.2, 0.25) is 0 Å². The molecule has 38 heavy (non-hydrogen) atoms. The van der Waals surface area contributed by atoms with E-state index in [-0.39, 0.29) is 18.0 Å². The number of thiocarbonyl (C=S) groups is 1. The highest BCUT2D eigenvalue weighted by Gasteiger charge is 2.39. The number of halogens is 3. The first-order valence-electron chi connectivity index (χ1n) is 12.3. The second-order valence-electron chi connectivity index (χ2n) is 9.19. The molecule has 2 fully saturated rings. The Morgan fingerprint density at radius 1 is 1.11 bits per heavy atom. The lowest BCUT2D eigenvalue weighted by atomic mass is 9.95. The minimum absolute atomic E-state index is 0.0120. The third-order valence-electron chi connectivity index (χ3n) is 6.76. The molecule has 0 N–H and O–H groups in total. The normalized spacial score (nSPS) is 20.2. The fourth-order valence-corrected chi connectivity index (χ4v) is 4.91. The van der Waals surface area contributed by atoms with E-state index in [2.05, 4.69) is 14.8 Å². The van der Waals surface area contributed by atoms with Gasteiger partial charge in [0.05, 0.1) is 42.7 Å². The zero-order valence-corrected chi connectivity index (χ0v) is 21.7. The van der Waals surface area contributed by atoms with E-state index in [0.717, 1.165) is 42.9 Å². The average molecular weight is 555 g/mol. The summed E-state index contributed by atoms with van der Waals surface area (Å²) in [5.41, 5.74) is -1.26. The van der Waals surface area contributed by atoms with Crippen LogP contribution in [-0.2, 0) is 10.9 Å². The van der Waals surface area contributed by atoms with E-state index in [1.807, 2.05) is 12.1 Å². The standard InChI is InChI=1S/C25H29F3N4O5S/c1-35-23-9-2-17(15-29-23)30-10-12-31(13-11-30)24(38)16-36-18-3-5-19(6-4-18)37-20-7-8-22(32(33)34)21(14-20)25(26,27)28/h2,7-9,14-15,18-19H,3-6,10-13,16H2,1H3/t18-,19-. The Morgan fingerprint density at radius 2 is 1.79 bits per heavy atom. The van der Waals surface area contributed by atoms with Crippen molar-refractivity contribution in [1.29, 1.82) is 0 Å². The smallest absolute Gasteiger partial charge is 0.423 e. The summed E-state index contributed by atoms with van der Waals surface area (Å²) in [4.78, 5) is 19.3. The monoisotopic (exact) mass is 554 g/mol. The van der Waals surface area contributed by atoms with Gasteiger partial charge in [0, 0.05) is 38.3 Å². The number of piperazine rings is 1. The first kappa shape index (κ1) is 27.8. The molecule has 1 aromatic carbocycles. The minimum Gasteiger partial charge on any atom is -0.490 e. The van der Waals surface area contributed by atoms with Crippen LogP contribution in [0.25, 0.3) is 0 Å². The van der Waals surface area contributed by atoms with Gasteiger partial charge in [-0.2, -0.15) is 13.2 Å². The van der Waals surface area contributed by atoms with Crippen LogP contribution in [0.3, 0.4) is 0 Å². The summed E-state index contributed by atoms with van der Waals surface area (Å²) in [5, 5.41) is 10.9. The molecule has 0 spiro atoms. The quantitative estimate of drug-likeness (QED) is 0.257. The molecule has 0 bridgehead atoms. The maximum absolute atomic E-state index is 13.2. The van der Waals surface area contributed by atoms with Crippen LogP contribution < -0.4 is 14.4 Å². The van der Waals surface area contributed by atoms with E-state index in [0.29, 0.717) is 44.2 Å². The number of nitro groups is 1. The van der Waals surface area contributed by atoms with Crippen LogP contribution >= 0.6 is 12.2 Å². The maximum Gasteiger partial charge on any atom is 0.423 e. The van der Waals surface area contributed by atoms with Gasteiger partial charge in [0.15, 0.2) is 0 Å². The average Bonchev–Trinajstić information content (AvgIpc) is 2.92. The van der Waals surface area contributed by atoms with Crippen LogP contribution in [0.4, 0.5) is 24.5 Å². The zero-order chi connectivity index (χ0) is 27.3. The minimum atomic E-state index is -4.84. The highest BCUT2D eigenvalue weighted by Crippen LogP contribution is 2.39. The van der Waals surface area contributed by atoms with Gasteiger partial charge in [0.1, 0.15) is 16.3 Å². The van der Waals surface area contributed by atoms with Crippen molar-refractivity contribution < 1.29 is 32.3 Å². The molecule has 1 saturated heterocycles. The highest BCUT2D eigenvalue weighted by atomic mass is 32.1. The van der Waals surface area contributed by atoms with E-state index >= 15 is 0 Å². The summed E-state index contributed by atoms with van der Waals surface area (Å²) in [6.07, 6.45) is -0.769. The highest BCUT2D eigenvalue weighted by molar-refractivity contribution is 7.80. The Labute approximate surface area is 223 Å². The number of anilines is 1. The third-order valence-corrected chi connectivity index (χ3v) is 7.14. The number of alkyl halides is 3. The first-order valence-corrected chi connectivity index (χ1v) is 12.7. The topological polar surface area (TPSA) is 90.2 Å². The Kier molecular flexibility index (Phi) is 8.87. The number of aromatic nitrogens is 1. The van der Waals surface area contributed by atoms with Crippen molar-refractivity contribution >= 4 is 28.6 Å². The molecule has 2 aromatic rings. The molecular weight excluding hydrogens is 525 g/mol. The SMILES string of the molecule is COc1ccc(N2CCN(C(=S)CO[C@H]3CC[C@H](Oc4ccc([N+](=O)[O-])c(C(F)(F)F)c4)CC3)CC2)cn1. The molecule has 1 aliphatic heterocycles. The van der Waals surface area contributed by atoms with E-state index in [1.54, 1.807) is 13.3 Å². The summed E-state index contributed by atoms with van der Waals surface area (Å²) in [6, 6.07) is 6.57. The van der Waals surface area contributed by atoms with Crippen LogP contribution in [0.15, 0.2) is 36.5 Å². The van der Waals surface area contributed by atoms with Crippen LogP contribution in [0, 0.1) is 10.1 Å². The maximum atomic E-state index is 13.2. The number of benzene rings is 1. The lowest BCUT2D eigenvalue weighted by Crippen LogP contribution is -2.49. The van der Waals surface area contributed by atoms with E-state index in [9.17, 15) is 23.3 Å². The Balaban J connectivity index is 1.19. The summed E-state index contributed by atoms with van der Waals surface area (Å²) in [6.45, 7) is 3.53. The number of rotatable bonds is 8. The van der Waals surface area contributed by atoms with Gasteiger partial charge < -0.3 is 24.0 Å². The van der Waals surface area contributed by atoms with E-state index in [1.165, 1.54) is 6.07 Å². The van der Waals surface area contributed by atoms with Crippen LogP contribution in [0.1, 0.15) is 31.2 Å². The van der Waals surface area contributed by atoms with Crippen molar-refractivity contribution in [2.24, 2.45) is 0 Å². The van der Waals surface area contributed by atoms with Crippen molar-refractivity contribution in [1.82, 2.24) is 9.88 Å². The fraction of sp³-hybridized carbons (Fsp3) is 0.520. The van der Waals surface area contributed by atoms with Gasteiger partial charge in [0.2, 0.25) is 5.88 Å². The Morgan fingerprint density at radius 3 is 2.37 bits per heavy atom. The Hall–Kier alpha value is -3.19. The van der Waals surface area contributed by atoms with Crippen LogP contribution in [0.5, 0.6) is 11.6 Å². The summed E-state index contributed by atoms with van der Waals surface area (Å²) >= 11 is 5.60. The summed E-state index contributed by atoms with van der Waals surface area (Å²) in [5.74, 6) is 0.547. The van der Waals surface area contributed by atoms with Gasteiger partial charge in [-0.05, 0) is 43.9 Å². The lowest BCUT2D eigenvalue weighted by molar-refractivity contribution is -0.388. The molecule has 2 aliphatic rings. The van der Waals surface area contributed by atoms with Gasteiger partial charge in [-0.25, -0.2) is 4.98 Å². The van der Waals surface area contributed by atoms with Crippen molar-refractivity contribution in [3.63, 3.8) is 0 Å². The number of ether oxygens (including phenoxy) is 3. The van der Waals surface area contributed by atoms with Crippen molar-refractivity contribution in [3.8, 4) is 11.6 Å². The molecular formula is C25H29F3N4O5S. The van der Waals surface area contributed by atoms with Gasteiger partial charge in [0.25, 0.3) is 5.69 Å². The predicted molar refractivity (Wildman–Crippen MR) is 138 cm³/mol. The molecule has 2 heterocycles. The second kappa shape index (κ2) is 12.1. The molecule has 13 heteroatoms. The molecule has 0 radical (unpaired) electrons. The Bertz CT molecular complexity index is 1120. The largest absolute Gasteiger partial charge is 0.490 e. The number of pyridine rings is 1. The summed E-state index contributed by atoms with van der Waals surface area (Å²) < 4.78 is 56.6. The molecule has 0 unspecified atom stereocenters. The van der Waals surface area contributed by atoms with E-state index in [4.69, 9.17) is 26.4 Å². The molecule has 1 saturated carbocycles. The molecule has 0 atom stereocenters. The zero-order valence-electron chi connectivity index (χ0n) is 20.9. The van der Waals surface area contributed by atoms with Gasteiger partial charge in [-0.3, -0.25) is 10.1 Å². The van der Waals surface area contributed by atoms with Gasteiger partial charge >= 0.3 is 6.18 Å². The van der Waals surface area contributed by atoms with E-state index < -0.39 is 22.4 Å². The molecule has 0 amide bonds. The van der Waals surface area contributed by atoms with Crippen molar-refractivity contribution in [3.05, 3.63) is 52.2 Å². The predicted octanol–water partition coefficient (Wildman–Crippen LogP) is 4.87. The van der Waals surface area contributed by atoms with Gasteiger partial charge in [-0.15, -0.1) is 0 Å². The number of hydrogen-bond donors (Lipinski definition) is 0. The number of methoxy groups -OCH3 is 1. The lowest BCUT2D eigenvalue weighted by Gasteiger charge is -2.37. The van der Waals surface area contributed by atoms with Crippen LogP contribution in [-0.4, -0.2) is 71.9 Å². The molecule has 1 aromatic heterocycles. The number of nitro benzene ring substituents is 1. The summed E-state index contributed by atoms with van der Waals surface area (Å²) in [7, 11) is 1.58. The fourth-order valence-electron chi connectivity index (χ4n) is 4.66. The molecule has 4 rings (SSSR count). The molecule has 206 valence electrons. The van der Waals surface area contributed by atoms with Crippen molar-refractivity contribution in [2.75, 3.05) is 44.8 Å². The third kappa shape index (κ3) is 7.01. The molecule has 9 nitrogen and oxygen atoms in total. The number of hydrogen-bond acceptors (Lipinski definition) is 8. The first-order chi connectivity index (χ1) is 18.1. The van der Waals surface area contributed by atoms with Crippen molar-refractivity contribution in [2.45, 2.75) is 44.1 Å².